The Morgan fingerprint density at radius 3 is 2.88 bits per heavy atom. The van der Waals surface area contributed by atoms with Crippen LogP contribution in [0.5, 0.6) is 5.75 Å². The van der Waals surface area contributed by atoms with Gasteiger partial charge in [0, 0.05) is 48.9 Å². The lowest BCUT2D eigenvalue weighted by atomic mass is 10.1. The first-order valence-electron chi connectivity index (χ1n) is 7.87. The van der Waals surface area contributed by atoms with Crippen molar-refractivity contribution in [2.24, 2.45) is 0 Å². The van der Waals surface area contributed by atoms with Gasteiger partial charge in [0.05, 0.1) is 13.3 Å². The average molecular weight is 327 g/mol. The second-order valence-electron chi connectivity index (χ2n) is 5.78. The van der Waals surface area contributed by atoms with Gasteiger partial charge >= 0.3 is 0 Å². The molecular weight excluding hydrogens is 306 g/mol. The highest BCUT2D eigenvalue weighted by atomic mass is 16.5. The highest BCUT2D eigenvalue weighted by molar-refractivity contribution is 5.99. The molecular formula is C18H21N3O3. The molecule has 2 heterocycles. The number of ether oxygens (including phenoxy) is 1. The summed E-state index contributed by atoms with van der Waals surface area (Å²) >= 11 is 0. The number of methoxy groups -OCH3 is 1. The maximum atomic E-state index is 12.7. The van der Waals surface area contributed by atoms with Crippen LogP contribution in [0.1, 0.15) is 28.6 Å². The highest BCUT2D eigenvalue weighted by Crippen LogP contribution is 2.29. The largest absolute Gasteiger partial charge is 0.497 e. The zero-order valence-corrected chi connectivity index (χ0v) is 14.4. The fourth-order valence-electron chi connectivity index (χ4n) is 2.72. The van der Waals surface area contributed by atoms with Gasteiger partial charge < -0.3 is 14.1 Å². The molecule has 0 N–H and O–H groups in total. The summed E-state index contributed by atoms with van der Waals surface area (Å²) in [5.74, 6) is 0.922. The smallest absolute Gasteiger partial charge is 0.289 e. The summed E-state index contributed by atoms with van der Waals surface area (Å²) in [7, 11) is 3.37. The number of aryl methyl sites for hydroxylation is 2. The van der Waals surface area contributed by atoms with Crippen molar-refractivity contribution < 1.29 is 13.9 Å². The first-order valence-corrected chi connectivity index (χ1v) is 7.87. The van der Waals surface area contributed by atoms with E-state index in [4.69, 9.17) is 9.15 Å². The lowest BCUT2D eigenvalue weighted by Gasteiger charge is -2.15. The first-order chi connectivity index (χ1) is 11.5. The molecule has 0 fully saturated rings. The van der Waals surface area contributed by atoms with Crippen molar-refractivity contribution in [2.75, 3.05) is 14.2 Å². The number of carbonyl (C=O) groups excluding carboxylic acids is 1. The predicted molar refractivity (Wildman–Crippen MR) is 91.2 cm³/mol. The van der Waals surface area contributed by atoms with Crippen LogP contribution in [0.3, 0.4) is 0 Å². The normalized spacial score (nSPS) is 11.0. The third-order valence-electron chi connectivity index (χ3n) is 4.12. The van der Waals surface area contributed by atoms with Gasteiger partial charge in [-0.15, -0.1) is 0 Å². The van der Waals surface area contributed by atoms with E-state index in [9.17, 15) is 4.79 Å². The van der Waals surface area contributed by atoms with Gasteiger partial charge in [0.15, 0.2) is 5.76 Å². The SMILES string of the molecule is CCn1cc(CN(C)C(=O)c2oc3cc(OC)ccc3c2C)cn1. The summed E-state index contributed by atoms with van der Waals surface area (Å²) in [5, 5.41) is 5.16. The van der Waals surface area contributed by atoms with Crippen molar-refractivity contribution in [2.45, 2.75) is 26.9 Å². The monoisotopic (exact) mass is 327 g/mol. The molecule has 1 aromatic carbocycles. The Balaban J connectivity index is 1.85. The van der Waals surface area contributed by atoms with Crippen molar-refractivity contribution >= 4 is 16.9 Å². The number of amides is 1. The number of aromatic nitrogens is 2. The number of benzene rings is 1. The summed E-state index contributed by atoms with van der Waals surface area (Å²) in [5.41, 5.74) is 2.49. The van der Waals surface area contributed by atoms with E-state index in [1.165, 1.54) is 0 Å². The van der Waals surface area contributed by atoms with E-state index in [1.807, 2.05) is 36.9 Å². The molecule has 0 aliphatic rings. The zero-order valence-electron chi connectivity index (χ0n) is 14.4. The molecule has 126 valence electrons. The Morgan fingerprint density at radius 2 is 2.21 bits per heavy atom. The summed E-state index contributed by atoms with van der Waals surface area (Å²) in [6.45, 7) is 5.22. The zero-order chi connectivity index (χ0) is 17.3. The van der Waals surface area contributed by atoms with E-state index >= 15 is 0 Å². The Bertz CT molecular complexity index is 879. The molecule has 3 rings (SSSR count). The van der Waals surface area contributed by atoms with Crippen LogP contribution >= 0.6 is 0 Å². The molecule has 0 aliphatic heterocycles. The minimum absolute atomic E-state index is 0.146. The van der Waals surface area contributed by atoms with Crippen molar-refractivity contribution in [3.63, 3.8) is 0 Å². The van der Waals surface area contributed by atoms with Crippen LogP contribution < -0.4 is 4.74 Å². The van der Waals surface area contributed by atoms with E-state index < -0.39 is 0 Å². The lowest BCUT2D eigenvalue weighted by Crippen LogP contribution is -2.26. The van der Waals surface area contributed by atoms with E-state index in [1.54, 1.807) is 31.3 Å². The number of rotatable bonds is 5. The molecule has 0 radical (unpaired) electrons. The van der Waals surface area contributed by atoms with Crippen LogP contribution in [0.25, 0.3) is 11.0 Å². The summed E-state index contributed by atoms with van der Waals surface area (Å²) in [4.78, 5) is 14.4. The maximum Gasteiger partial charge on any atom is 0.289 e. The van der Waals surface area contributed by atoms with Gasteiger partial charge in [-0.05, 0) is 26.0 Å². The van der Waals surface area contributed by atoms with Crippen LogP contribution in [0.2, 0.25) is 0 Å². The molecule has 6 heteroatoms. The molecule has 0 saturated heterocycles. The summed E-state index contributed by atoms with van der Waals surface area (Å²) < 4.78 is 12.8. The van der Waals surface area contributed by atoms with Gasteiger partial charge in [0.1, 0.15) is 11.3 Å². The number of fused-ring (bicyclic) bond motifs is 1. The quantitative estimate of drug-likeness (QED) is 0.722. The third-order valence-corrected chi connectivity index (χ3v) is 4.12. The van der Waals surface area contributed by atoms with Gasteiger partial charge in [0.2, 0.25) is 0 Å². The standard InChI is InChI=1S/C18H21N3O3/c1-5-21-11-13(9-19-21)10-20(3)18(22)17-12(2)15-7-6-14(23-4)8-16(15)24-17/h6-9,11H,5,10H2,1-4H3. The fraction of sp³-hybridized carbons (Fsp3) is 0.333. The Labute approximate surface area is 140 Å². The number of furan rings is 1. The van der Waals surface area contributed by atoms with E-state index in [0.717, 1.165) is 23.1 Å². The molecule has 1 amide bonds. The topological polar surface area (TPSA) is 60.5 Å². The Hall–Kier alpha value is -2.76. The number of hydrogen-bond acceptors (Lipinski definition) is 4. The van der Waals surface area contributed by atoms with Crippen molar-refractivity contribution in [3.05, 3.63) is 47.5 Å². The molecule has 6 nitrogen and oxygen atoms in total. The minimum Gasteiger partial charge on any atom is -0.497 e. The van der Waals surface area contributed by atoms with Crippen LogP contribution in [0, 0.1) is 6.92 Å². The molecule has 0 bridgehead atoms. The number of carbonyl (C=O) groups is 1. The molecule has 0 aliphatic carbocycles. The predicted octanol–water partition coefficient (Wildman–Crippen LogP) is 3.24. The van der Waals surface area contributed by atoms with Crippen LogP contribution in [-0.4, -0.2) is 34.7 Å². The van der Waals surface area contributed by atoms with Crippen LogP contribution in [0.4, 0.5) is 0 Å². The Kier molecular flexibility index (Phi) is 4.29. The van der Waals surface area contributed by atoms with Gasteiger partial charge in [0.25, 0.3) is 5.91 Å². The molecule has 0 spiro atoms. The molecule has 0 unspecified atom stereocenters. The van der Waals surface area contributed by atoms with E-state index in [2.05, 4.69) is 5.10 Å². The van der Waals surface area contributed by atoms with Gasteiger partial charge in [-0.1, -0.05) is 0 Å². The Morgan fingerprint density at radius 1 is 1.42 bits per heavy atom. The van der Waals surface area contributed by atoms with Crippen LogP contribution in [0.15, 0.2) is 35.0 Å². The third kappa shape index (κ3) is 2.87. The summed E-state index contributed by atoms with van der Waals surface area (Å²) in [6.07, 6.45) is 3.73. The molecule has 0 atom stereocenters. The number of nitrogens with zero attached hydrogens (tertiary/aromatic N) is 3. The van der Waals surface area contributed by atoms with Gasteiger partial charge in [-0.3, -0.25) is 9.48 Å². The number of hydrogen-bond donors (Lipinski definition) is 0. The van der Waals surface area contributed by atoms with Gasteiger partial charge in [-0.2, -0.15) is 5.10 Å². The van der Waals surface area contributed by atoms with E-state index in [-0.39, 0.29) is 5.91 Å². The molecule has 24 heavy (non-hydrogen) atoms. The average Bonchev–Trinajstić information content (AvgIpc) is 3.18. The van der Waals surface area contributed by atoms with Crippen molar-refractivity contribution in [1.29, 1.82) is 0 Å². The second-order valence-corrected chi connectivity index (χ2v) is 5.78. The molecule has 0 saturated carbocycles. The minimum atomic E-state index is -0.146. The summed E-state index contributed by atoms with van der Waals surface area (Å²) in [6, 6.07) is 5.57. The molecule has 3 aromatic rings. The lowest BCUT2D eigenvalue weighted by molar-refractivity contribution is 0.0755. The van der Waals surface area contributed by atoms with Crippen molar-refractivity contribution in [3.8, 4) is 5.75 Å². The highest BCUT2D eigenvalue weighted by Gasteiger charge is 2.21. The first kappa shape index (κ1) is 16.1. The van der Waals surface area contributed by atoms with Crippen molar-refractivity contribution in [1.82, 2.24) is 14.7 Å². The van der Waals surface area contributed by atoms with E-state index in [0.29, 0.717) is 23.6 Å². The van der Waals surface area contributed by atoms with Crippen LogP contribution in [-0.2, 0) is 13.1 Å². The van der Waals surface area contributed by atoms with Gasteiger partial charge in [-0.25, -0.2) is 0 Å². The maximum absolute atomic E-state index is 12.7. The fourth-order valence-corrected chi connectivity index (χ4v) is 2.72. The second kappa shape index (κ2) is 6.39. The molecule has 2 aromatic heterocycles.